The topological polar surface area (TPSA) is 61.4 Å². The Hall–Kier alpha value is -3.60. The van der Waals surface area contributed by atoms with Gasteiger partial charge in [-0.3, -0.25) is 9.59 Å². The highest BCUT2D eigenvalue weighted by Crippen LogP contribution is 2.15. The van der Waals surface area contributed by atoms with E-state index >= 15 is 0 Å². The summed E-state index contributed by atoms with van der Waals surface area (Å²) in [7, 11) is 0. The molecule has 0 aliphatic heterocycles. The molecule has 1 unspecified atom stereocenters. The van der Waals surface area contributed by atoms with Gasteiger partial charge < -0.3 is 15.5 Å². The van der Waals surface area contributed by atoms with Crippen molar-refractivity contribution in [3.8, 4) is 0 Å². The van der Waals surface area contributed by atoms with Gasteiger partial charge in [-0.15, -0.1) is 0 Å². The highest BCUT2D eigenvalue weighted by Gasteiger charge is 2.13. The Balaban J connectivity index is 1.56. The maximum atomic E-state index is 12.5. The minimum Gasteiger partial charge on any atom is -0.362 e. The molecule has 0 aliphatic rings. The van der Waals surface area contributed by atoms with Crippen molar-refractivity contribution in [3.05, 3.63) is 96.1 Å². The SMILES string of the molecule is CCN(CC(=O)Nc1ccc(C(=O)NC(C)c2ccccc2)cc1)c1ccccc1. The minimum absolute atomic E-state index is 0.0870. The Morgan fingerprint density at radius 2 is 1.47 bits per heavy atom. The molecule has 0 aromatic heterocycles. The first kappa shape index (κ1) is 21.1. The van der Waals surface area contributed by atoms with Crippen LogP contribution in [-0.4, -0.2) is 24.9 Å². The van der Waals surface area contributed by atoms with E-state index in [1.807, 2.05) is 79.4 Å². The molecule has 0 saturated heterocycles. The van der Waals surface area contributed by atoms with E-state index in [-0.39, 0.29) is 24.4 Å². The highest BCUT2D eigenvalue weighted by atomic mass is 16.2. The monoisotopic (exact) mass is 401 g/mol. The van der Waals surface area contributed by atoms with E-state index in [1.165, 1.54) is 0 Å². The standard InChI is InChI=1S/C25H27N3O2/c1-3-28(23-12-8-5-9-13-23)18-24(29)27-22-16-14-21(15-17-22)25(30)26-19(2)20-10-6-4-7-11-20/h4-17,19H,3,18H2,1-2H3,(H,26,30)(H,27,29). The fourth-order valence-electron chi connectivity index (χ4n) is 3.21. The van der Waals surface area contributed by atoms with Gasteiger partial charge in [0.2, 0.25) is 5.91 Å². The first-order chi connectivity index (χ1) is 14.6. The lowest BCUT2D eigenvalue weighted by Gasteiger charge is -2.22. The van der Waals surface area contributed by atoms with E-state index in [0.717, 1.165) is 17.8 Å². The third-order valence-corrected chi connectivity index (χ3v) is 4.92. The number of carbonyl (C=O) groups excluding carboxylic acids is 2. The molecule has 1 atom stereocenters. The van der Waals surface area contributed by atoms with Gasteiger partial charge >= 0.3 is 0 Å². The summed E-state index contributed by atoms with van der Waals surface area (Å²) in [5, 5.41) is 5.89. The Labute approximate surface area is 177 Å². The van der Waals surface area contributed by atoms with Crippen LogP contribution in [0, 0.1) is 0 Å². The largest absolute Gasteiger partial charge is 0.362 e. The van der Waals surface area contributed by atoms with Gasteiger partial charge in [0.15, 0.2) is 0 Å². The van der Waals surface area contributed by atoms with Gasteiger partial charge in [0.05, 0.1) is 12.6 Å². The van der Waals surface area contributed by atoms with E-state index in [9.17, 15) is 9.59 Å². The number of para-hydroxylation sites is 1. The molecular formula is C25H27N3O2. The summed E-state index contributed by atoms with van der Waals surface area (Å²) in [6, 6.07) is 26.5. The van der Waals surface area contributed by atoms with E-state index in [0.29, 0.717) is 11.3 Å². The number of rotatable bonds is 8. The molecule has 0 radical (unpaired) electrons. The summed E-state index contributed by atoms with van der Waals surface area (Å²) in [5.74, 6) is -0.249. The lowest BCUT2D eigenvalue weighted by Crippen LogP contribution is -2.33. The fraction of sp³-hybridized carbons (Fsp3) is 0.200. The van der Waals surface area contributed by atoms with Gasteiger partial charge in [-0.2, -0.15) is 0 Å². The minimum atomic E-state index is -0.148. The Bertz CT molecular complexity index is 957. The zero-order valence-corrected chi connectivity index (χ0v) is 17.3. The molecule has 5 nitrogen and oxygen atoms in total. The van der Waals surface area contributed by atoms with Crippen LogP contribution in [-0.2, 0) is 4.79 Å². The summed E-state index contributed by atoms with van der Waals surface area (Å²) < 4.78 is 0. The van der Waals surface area contributed by atoms with Crippen LogP contribution in [0.1, 0.15) is 35.8 Å². The van der Waals surface area contributed by atoms with Crippen molar-refractivity contribution in [2.45, 2.75) is 19.9 Å². The molecule has 2 amide bonds. The second-order valence-electron chi connectivity index (χ2n) is 7.08. The molecular weight excluding hydrogens is 374 g/mol. The van der Waals surface area contributed by atoms with Crippen LogP contribution < -0.4 is 15.5 Å². The van der Waals surface area contributed by atoms with E-state index in [4.69, 9.17) is 0 Å². The summed E-state index contributed by atoms with van der Waals surface area (Å²) in [4.78, 5) is 26.9. The Kier molecular flexibility index (Phi) is 7.22. The number of nitrogens with zero attached hydrogens (tertiary/aromatic N) is 1. The Morgan fingerprint density at radius 3 is 2.07 bits per heavy atom. The summed E-state index contributed by atoms with van der Waals surface area (Å²) in [6.07, 6.45) is 0. The van der Waals surface area contributed by atoms with Crippen molar-refractivity contribution in [2.24, 2.45) is 0 Å². The van der Waals surface area contributed by atoms with Crippen molar-refractivity contribution < 1.29 is 9.59 Å². The average Bonchev–Trinajstić information content (AvgIpc) is 2.79. The van der Waals surface area contributed by atoms with Gasteiger partial charge in [0.25, 0.3) is 5.91 Å². The quantitative estimate of drug-likeness (QED) is 0.578. The van der Waals surface area contributed by atoms with Crippen LogP contribution >= 0.6 is 0 Å². The molecule has 0 heterocycles. The molecule has 0 fully saturated rings. The molecule has 0 saturated carbocycles. The maximum Gasteiger partial charge on any atom is 0.251 e. The highest BCUT2D eigenvalue weighted by molar-refractivity contribution is 5.97. The second kappa shape index (κ2) is 10.3. The zero-order chi connectivity index (χ0) is 21.3. The number of amides is 2. The van der Waals surface area contributed by atoms with E-state index in [2.05, 4.69) is 10.6 Å². The smallest absolute Gasteiger partial charge is 0.251 e. The first-order valence-corrected chi connectivity index (χ1v) is 10.1. The van der Waals surface area contributed by atoms with Gasteiger partial charge in [0.1, 0.15) is 0 Å². The molecule has 0 aliphatic carbocycles. The second-order valence-corrected chi connectivity index (χ2v) is 7.08. The van der Waals surface area contributed by atoms with Crippen molar-refractivity contribution in [2.75, 3.05) is 23.3 Å². The fourth-order valence-corrected chi connectivity index (χ4v) is 3.21. The number of anilines is 2. The molecule has 5 heteroatoms. The molecule has 3 aromatic carbocycles. The van der Waals surface area contributed by atoms with Gasteiger partial charge in [-0.1, -0.05) is 48.5 Å². The van der Waals surface area contributed by atoms with Crippen LogP contribution in [0.3, 0.4) is 0 Å². The molecule has 2 N–H and O–H groups in total. The lowest BCUT2D eigenvalue weighted by atomic mass is 10.1. The summed E-state index contributed by atoms with van der Waals surface area (Å²) in [6.45, 7) is 4.96. The van der Waals surface area contributed by atoms with Crippen LogP contribution in [0.25, 0.3) is 0 Å². The van der Waals surface area contributed by atoms with E-state index < -0.39 is 0 Å². The number of carbonyl (C=O) groups is 2. The number of hydrogen-bond acceptors (Lipinski definition) is 3. The van der Waals surface area contributed by atoms with Gasteiger partial charge in [-0.05, 0) is 55.8 Å². The number of benzene rings is 3. The molecule has 154 valence electrons. The predicted molar refractivity (Wildman–Crippen MR) is 122 cm³/mol. The Morgan fingerprint density at radius 1 is 0.867 bits per heavy atom. The van der Waals surface area contributed by atoms with Gasteiger partial charge in [-0.25, -0.2) is 0 Å². The van der Waals surface area contributed by atoms with Crippen LogP contribution in [0.2, 0.25) is 0 Å². The zero-order valence-electron chi connectivity index (χ0n) is 17.3. The normalized spacial score (nSPS) is 11.4. The number of hydrogen-bond donors (Lipinski definition) is 2. The maximum absolute atomic E-state index is 12.5. The molecule has 3 aromatic rings. The molecule has 0 bridgehead atoms. The third-order valence-electron chi connectivity index (χ3n) is 4.92. The van der Waals surface area contributed by atoms with Crippen molar-refractivity contribution in [1.82, 2.24) is 5.32 Å². The van der Waals surface area contributed by atoms with Crippen molar-refractivity contribution >= 4 is 23.2 Å². The predicted octanol–water partition coefficient (Wildman–Crippen LogP) is 4.64. The first-order valence-electron chi connectivity index (χ1n) is 10.1. The molecule has 30 heavy (non-hydrogen) atoms. The average molecular weight is 402 g/mol. The van der Waals surface area contributed by atoms with E-state index in [1.54, 1.807) is 24.3 Å². The van der Waals surface area contributed by atoms with Crippen molar-refractivity contribution in [1.29, 1.82) is 0 Å². The third kappa shape index (κ3) is 5.70. The molecule has 0 spiro atoms. The van der Waals surface area contributed by atoms with Crippen LogP contribution in [0.15, 0.2) is 84.9 Å². The van der Waals surface area contributed by atoms with Gasteiger partial charge in [0, 0.05) is 23.5 Å². The van der Waals surface area contributed by atoms with Crippen LogP contribution in [0.4, 0.5) is 11.4 Å². The van der Waals surface area contributed by atoms with Crippen molar-refractivity contribution in [3.63, 3.8) is 0 Å². The summed E-state index contributed by atoms with van der Waals surface area (Å²) in [5.41, 5.74) is 3.27. The van der Waals surface area contributed by atoms with Crippen LogP contribution in [0.5, 0.6) is 0 Å². The number of likely N-dealkylation sites (N-methyl/N-ethyl adjacent to an activating group) is 1. The number of nitrogens with one attached hydrogen (secondary N) is 2. The molecule has 3 rings (SSSR count). The summed E-state index contributed by atoms with van der Waals surface area (Å²) >= 11 is 0. The lowest BCUT2D eigenvalue weighted by molar-refractivity contribution is -0.115.